The molecule has 3 heterocycles. The van der Waals surface area contributed by atoms with Crippen molar-refractivity contribution in [2.24, 2.45) is 0 Å². The van der Waals surface area contributed by atoms with Crippen LogP contribution in [-0.4, -0.2) is 38.9 Å². The van der Waals surface area contributed by atoms with E-state index in [1.54, 1.807) is 24.3 Å². The van der Waals surface area contributed by atoms with Gasteiger partial charge in [-0.15, -0.1) is 6.58 Å². The van der Waals surface area contributed by atoms with Crippen LogP contribution in [0, 0.1) is 6.92 Å². The minimum atomic E-state index is -0.174. The minimum Gasteiger partial charge on any atom is -0.454 e. The fourth-order valence-electron chi connectivity index (χ4n) is 4.08. The number of para-hydroxylation sites is 1. The minimum absolute atomic E-state index is 0.117. The molecule has 9 heteroatoms. The first-order chi connectivity index (χ1) is 16.5. The molecule has 5 rings (SSSR count). The van der Waals surface area contributed by atoms with Crippen molar-refractivity contribution < 1.29 is 19.1 Å². The first-order valence-electron chi connectivity index (χ1n) is 10.6. The normalized spacial score (nSPS) is 16.0. The molecule has 3 aromatic rings. The van der Waals surface area contributed by atoms with Crippen LogP contribution in [0.15, 0.2) is 60.0 Å². The molecule has 0 bridgehead atoms. The maximum Gasteiger partial charge on any atom is 0.266 e. The number of fused-ring (bicyclic) bond motifs is 2. The molecular formula is C25H21N3O4S2. The average Bonchev–Trinajstić information content (AvgIpc) is 3.47. The second-order valence-electron chi connectivity index (χ2n) is 7.80. The lowest BCUT2D eigenvalue weighted by molar-refractivity contribution is -0.121. The summed E-state index contributed by atoms with van der Waals surface area (Å²) in [7, 11) is 0. The smallest absolute Gasteiger partial charge is 0.266 e. The van der Waals surface area contributed by atoms with Crippen molar-refractivity contribution in [2.75, 3.05) is 18.7 Å². The summed E-state index contributed by atoms with van der Waals surface area (Å²) in [5.41, 5.74) is 3.32. The number of anilines is 1. The van der Waals surface area contributed by atoms with Crippen molar-refractivity contribution in [1.82, 2.24) is 9.47 Å². The predicted molar refractivity (Wildman–Crippen MR) is 138 cm³/mol. The molecule has 34 heavy (non-hydrogen) atoms. The highest BCUT2D eigenvalue weighted by Gasteiger charge is 2.31. The van der Waals surface area contributed by atoms with E-state index in [1.165, 1.54) is 16.7 Å². The predicted octanol–water partition coefficient (Wildman–Crippen LogP) is 4.70. The molecule has 1 aromatic heterocycles. The van der Waals surface area contributed by atoms with Gasteiger partial charge < -0.3 is 19.4 Å². The average molecular weight is 492 g/mol. The van der Waals surface area contributed by atoms with Gasteiger partial charge in [0, 0.05) is 40.5 Å². The Labute approximate surface area is 206 Å². The Kier molecular flexibility index (Phi) is 5.89. The van der Waals surface area contributed by atoms with E-state index in [1.807, 2.05) is 41.8 Å². The van der Waals surface area contributed by atoms with Crippen molar-refractivity contribution in [2.45, 2.75) is 13.5 Å². The summed E-state index contributed by atoms with van der Waals surface area (Å²) in [5.74, 6) is 0.961. The second kappa shape index (κ2) is 9.00. The molecule has 0 radical (unpaired) electrons. The maximum atomic E-state index is 12.9. The highest BCUT2D eigenvalue weighted by atomic mass is 32.2. The van der Waals surface area contributed by atoms with Gasteiger partial charge in [-0.2, -0.15) is 0 Å². The Balaban J connectivity index is 1.45. The summed E-state index contributed by atoms with van der Waals surface area (Å²) in [5, 5.41) is 3.89. The fourth-order valence-corrected chi connectivity index (χ4v) is 5.34. The SMILES string of the molecule is C=CCN1C(=O)/C(=C\c2c(C)n(CC(=O)Nc3ccc4c(c3)OCO4)c3ccccc23)SC1=S. The standard InChI is InChI=1S/C25H21N3O4S2/c1-3-10-27-24(30)22(34-25(27)33)12-18-15(2)28(19-7-5-4-6-17(18)19)13-23(29)26-16-8-9-20-21(11-16)32-14-31-20/h3-9,11-12H,1,10,13-14H2,2H3,(H,26,29)/b22-12+. The van der Waals surface area contributed by atoms with Gasteiger partial charge in [-0.25, -0.2) is 0 Å². The number of ether oxygens (including phenoxy) is 2. The van der Waals surface area contributed by atoms with Crippen LogP contribution in [0.3, 0.4) is 0 Å². The van der Waals surface area contributed by atoms with Crippen LogP contribution < -0.4 is 14.8 Å². The van der Waals surface area contributed by atoms with E-state index >= 15 is 0 Å². The molecule has 1 saturated heterocycles. The number of thioether (sulfide) groups is 1. The number of hydrogen-bond donors (Lipinski definition) is 1. The zero-order valence-corrected chi connectivity index (χ0v) is 20.0. The van der Waals surface area contributed by atoms with Crippen molar-refractivity contribution >= 4 is 62.8 Å². The topological polar surface area (TPSA) is 72.8 Å². The van der Waals surface area contributed by atoms with Crippen LogP contribution in [-0.2, 0) is 16.1 Å². The molecule has 0 spiro atoms. The summed E-state index contributed by atoms with van der Waals surface area (Å²) < 4.78 is 13.2. The van der Waals surface area contributed by atoms with Crippen LogP contribution >= 0.6 is 24.0 Å². The molecule has 2 aliphatic rings. The molecular weight excluding hydrogens is 470 g/mol. The van der Waals surface area contributed by atoms with Gasteiger partial charge in [0.05, 0.1) is 4.91 Å². The van der Waals surface area contributed by atoms with E-state index in [2.05, 4.69) is 11.9 Å². The van der Waals surface area contributed by atoms with E-state index in [9.17, 15) is 9.59 Å². The van der Waals surface area contributed by atoms with Crippen molar-refractivity contribution in [3.8, 4) is 11.5 Å². The third kappa shape index (κ3) is 3.97. The molecule has 172 valence electrons. The number of amides is 2. The number of rotatable bonds is 6. The number of nitrogens with one attached hydrogen (secondary N) is 1. The lowest BCUT2D eigenvalue weighted by atomic mass is 10.1. The molecule has 0 saturated carbocycles. The number of nitrogens with zero attached hydrogens (tertiary/aromatic N) is 2. The van der Waals surface area contributed by atoms with Gasteiger partial charge in [-0.3, -0.25) is 14.5 Å². The molecule has 1 fully saturated rings. The number of benzene rings is 2. The summed E-state index contributed by atoms with van der Waals surface area (Å²) in [4.78, 5) is 27.9. The first kappa shape index (κ1) is 22.2. The van der Waals surface area contributed by atoms with Gasteiger partial charge in [0.25, 0.3) is 5.91 Å². The van der Waals surface area contributed by atoms with Gasteiger partial charge in [0.2, 0.25) is 12.7 Å². The van der Waals surface area contributed by atoms with E-state index in [0.717, 1.165) is 22.2 Å². The first-order valence-corrected chi connectivity index (χ1v) is 11.8. The van der Waals surface area contributed by atoms with Gasteiger partial charge >= 0.3 is 0 Å². The lowest BCUT2D eigenvalue weighted by Crippen LogP contribution is -2.27. The highest BCUT2D eigenvalue weighted by molar-refractivity contribution is 8.26. The number of carbonyl (C=O) groups excluding carboxylic acids is 2. The monoisotopic (exact) mass is 491 g/mol. The summed E-state index contributed by atoms with van der Waals surface area (Å²) in [6.07, 6.45) is 3.52. The molecule has 0 atom stereocenters. The van der Waals surface area contributed by atoms with Crippen molar-refractivity contribution in [3.63, 3.8) is 0 Å². The second-order valence-corrected chi connectivity index (χ2v) is 9.48. The van der Waals surface area contributed by atoms with E-state index in [0.29, 0.717) is 33.0 Å². The third-order valence-corrected chi connectivity index (χ3v) is 7.08. The number of hydrogen-bond acceptors (Lipinski definition) is 6. The number of thiocarbonyl (C=S) groups is 1. The number of carbonyl (C=O) groups is 2. The Morgan fingerprint density at radius 1 is 1.24 bits per heavy atom. The van der Waals surface area contributed by atoms with Gasteiger partial charge in [0.15, 0.2) is 11.5 Å². The summed E-state index contributed by atoms with van der Waals surface area (Å²) in [6, 6.07) is 13.1. The molecule has 2 aliphatic heterocycles. The van der Waals surface area contributed by atoms with Crippen LogP contribution in [0.2, 0.25) is 0 Å². The van der Waals surface area contributed by atoms with Crippen LogP contribution in [0.25, 0.3) is 17.0 Å². The van der Waals surface area contributed by atoms with E-state index in [-0.39, 0.29) is 25.2 Å². The van der Waals surface area contributed by atoms with Gasteiger partial charge in [-0.05, 0) is 31.2 Å². The summed E-state index contributed by atoms with van der Waals surface area (Å²) >= 11 is 6.64. The molecule has 0 unspecified atom stereocenters. The lowest BCUT2D eigenvalue weighted by Gasteiger charge is -2.10. The molecule has 0 aliphatic carbocycles. The molecule has 2 amide bonds. The Bertz CT molecular complexity index is 1390. The Morgan fingerprint density at radius 3 is 2.85 bits per heavy atom. The largest absolute Gasteiger partial charge is 0.454 e. The van der Waals surface area contributed by atoms with Crippen LogP contribution in [0.1, 0.15) is 11.3 Å². The quantitative estimate of drug-likeness (QED) is 0.306. The Morgan fingerprint density at radius 2 is 2.03 bits per heavy atom. The molecule has 1 N–H and O–H groups in total. The van der Waals surface area contributed by atoms with Gasteiger partial charge in [-0.1, -0.05) is 48.3 Å². The number of aromatic nitrogens is 1. The Hall–Kier alpha value is -3.56. The molecule has 7 nitrogen and oxygen atoms in total. The van der Waals surface area contributed by atoms with E-state index in [4.69, 9.17) is 21.7 Å². The van der Waals surface area contributed by atoms with Crippen molar-refractivity contribution in [1.29, 1.82) is 0 Å². The maximum absolute atomic E-state index is 12.9. The molecule has 2 aromatic carbocycles. The fraction of sp³-hybridized carbons (Fsp3) is 0.160. The zero-order valence-electron chi connectivity index (χ0n) is 18.4. The highest BCUT2D eigenvalue weighted by Crippen LogP contribution is 2.36. The van der Waals surface area contributed by atoms with Crippen LogP contribution in [0.5, 0.6) is 11.5 Å². The van der Waals surface area contributed by atoms with Crippen molar-refractivity contribution in [3.05, 3.63) is 71.3 Å². The van der Waals surface area contributed by atoms with Gasteiger partial charge in [0.1, 0.15) is 10.9 Å². The summed E-state index contributed by atoms with van der Waals surface area (Å²) in [6.45, 7) is 6.32. The van der Waals surface area contributed by atoms with E-state index < -0.39 is 0 Å². The van der Waals surface area contributed by atoms with Crippen LogP contribution in [0.4, 0.5) is 5.69 Å². The third-order valence-electron chi connectivity index (χ3n) is 5.70. The zero-order chi connectivity index (χ0) is 23.8.